The number of rotatable bonds is 5. The van der Waals surface area contributed by atoms with Gasteiger partial charge in [0, 0.05) is 38.1 Å². The van der Waals surface area contributed by atoms with Gasteiger partial charge in [-0.05, 0) is 6.42 Å². The Labute approximate surface area is 86.1 Å². The predicted octanol–water partition coefficient (Wildman–Crippen LogP) is 2.55. The summed E-state index contributed by atoms with van der Waals surface area (Å²) in [6.45, 7) is 1.07. The molecule has 0 amide bonds. The van der Waals surface area contributed by atoms with Gasteiger partial charge in [0.1, 0.15) is 0 Å². The smallest absolute Gasteiger partial charge is 0.194 e. The highest BCUT2D eigenvalue weighted by molar-refractivity contribution is 5.43. The van der Waals surface area contributed by atoms with Gasteiger partial charge in [-0.3, -0.25) is 0 Å². The molecule has 0 unspecified atom stereocenters. The van der Waals surface area contributed by atoms with Gasteiger partial charge in [-0.25, -0.2) is 13.2 Å². The number of benzene rings is 1. The molecule has 1 rings (SSSR count). The topological polar surface area (TPSA) is 21.3 Å². The number of ether oxygens (including phenoxy) is 1. The third-order valence-electron chi connectivity index (χ3n) is 1.84. The van der Waals surface area contributed by atoms with Crippen molar-refractivity contribution < 1.29 is 17.9 Å². The highest BCUT2D eigenvalue weighted by Gasteiger charge is 2.09. The van der Waals surface area contributed by atoms with Crippen molar-refractivity contribution in [2.75, 3.05) is 25.6 Å². The SMILES string of the molecule is COCCCNc1cc(F)c(F)c(F)c1. The summed E-state index contributed by atoms with van der Waals surface area (Å²) in [6, 6.07) is 1.84. The number of halogens is 3. The van der Waals surface area contributed by atoms with Crippen LogP contribution in [0.2, 0.25) is 0 Å². The van der Waals surface area contributed by atoms with Gasteiger partial charge in [-0.15, -0.1) is 0 Å². The Morgan fingerprint density at radius 1 is 1.20 bits per heavy atom. The van der Waals surface area contributed by atoms with Crippen molar-refractivity contribution in [1.29, 1.82) is 0 Å². The Bertz CT molecular complexity index is 307. The second kappa shape index (κ2) is 5.60. The van der Waals surface area contributed by atoms with Gasteiger partial charge in [-0.2, -0.15) is 0 Å². The summed E-state index contributed by atoms with van der Waals surface area (Å²) in [5.74, 6) is -3.83. The summed E-state index contributed by atoms with van der Waals surface area (Å²) in [4.78, 5) is 0. The normalized spacial score (nSPS) is 10.4. The van der Waals surface area contributed by atoms with Crippen LogP contribution in [0.4, 0.5) is 18.9 Å². The Hall–Kier alpha value is -1.23. The van der Waals surface area contributed by atoms with Gasteiger partial charge in [-0.1, -0.05) is 0 Å². The van der Waals surface area contributed by atoms with Gasteiger partial charge < -0.3 is 10.1 Å². The molecule has 0 aliphatic carbocycles. The number of methoxy groups -OCH3 is 1. The van der Waals surface area contributed by atoms with E-state index in [2.05, 4.69) is 5.32 Å². The largest absolute Gasteiger partial charge is 0.385 e. The average molecular weight is 219 g/mol. The Balaban J connectivity index is 2.55. The number of hydrogen-bond donors (Lipinski definition) is 1. The first-order chi connectivity index (χ1) is 7.15. The van der Waals surface area contributed by atoms with E-state index in [1.807, 2.05) is 0 Å². The van der Waals surface area contributed by atoms with E-state index < -0.39 is 17.5 Å². The van der Waals surface area contributed by atoms with E-state index in [9.17, 15) is 13.2 Å². The fourth-order valence-corrected chi connectivity index (χ4v) is 1.11. The molecular formula is C10H12F3NO. The van der Waals surface area contributed by atoms with E-state index in [4.69, 9.17) is 4.74 Å². The molecule has 84 valence electrons. The average Bonchev–Trinajstić information content (AvgIpc) is 2.21. The highest BCUT2D eigenvalue weighted by atomic mass is 19.2. The molecule has 1 aromatic carbocycles. The summed E-state index contributed by atoms with van der Waals surface area (Å²) in [7, 11) is 1.57. The van der Waals surface area contributed by atoms with Gasteiger partial charge in [0.2, 0.25) is 0 Å². The number of anilines is 1. The van der Waals surface area contributed by atoms with Crippen molar-refractivity contribution in [2.24, 2.45) is 0 Å². The van der Waals surface area contributed by atoms with Crippen LogP contribution >= 0.6 is 0 Å². The lowest BCUT2D eigenvalue weighted by Crippen LogP contribution is -2.05. The van der Waals surface area contributed by atoms with Crippen molar-refractivity contribution >= 4 is 5.69 Å². The van der Waals surface area contributed by atoms with Gasteiger partial charge >= 0.3 is 0 Å². The zero-order chi connectivity index (χ0) is 11.3. The quantitative estimate of drug-likeness (QED) is 0.607. The zero-order valence-corrected chi connectivity index (χ0v) is 8.32. The van der Waals surface area contributed by atoms with Crippen LogP contribution in [0.3, 0.4) is 0 Å². The maximum Gasteiger partial charge on any atom is 0.194 e. The lowest BCUT2D eigenvalue weighted by molar-refractivity contribution is 0.198. The minimum Gasteiger partial charge on any atom is -0.385 e. The number of nitrogens with one attached hydrogen (secondary N) is 1. The second-order valence-electron chi connectivity index (χ2n) is 3.03. The van der Waals surface area contributed by atoms with Crippen LogP contribution in [0, 0.1) is 17.5 Å². The molecule has 2 nitrogen and oxygen atoms in total. The van der Waals surface area contributed by atoms with E-state index >= 15 is 0 Å². The highest BCUT2D eigenvalue weighted by Crippen LogP contribution is 2.17. The van der Waals surface area contributed by atoms with Crippen molar-refractivity contribution in [3.63, 3.8) is 0 Å². The third-order valence-corrected chi connectivity index (χ3v) is 1.84. The first-order valence-corrected chi connectivity index (χ1v) is 4.52. The lowest BCUT2D eigenvalue weighted by Gasteiger charge is -2.06. The molecule has 0 radical (unpaired) electrons. The molecular weight excluding hydrogens is 207 g/mol. The summed E-state index contributed by atoms with van der Waals surface area (Å²) in [5, 5.41) is 2.76. The zero-order valence-electron chi connectivity index (χ0n) is 8.32. The fourth-order valence-electron chi connectivity index (χ4n) is 1.11. The molecule has 15 heavy (non-hydrogen) atoms. The van der Waals surface area contributed by atoms with E-state index in [1.54, 1.807) is 7.11 Å². The Kier molecular flexibility index (Phi) is 4.42. The Morgan fingerprint density at radius 3 is 2.33 bits per heavy atom. The van der Waals surface area contributed by atoms with Gasteiger partial charge in [0.15, 0.2) is 17.5 Å². The third kappa shape index (κ3) is 3.43. The van der Waals surface area contributed by atoms with E-state index in [-0.39, 0.29) is 5.69 Å². The van der Waals surface area contributed by atoms with Crippen molar-refractivity contribution in [2.45, 2.75) is 6.42 Å². The molecule has 5 heteroatoms. The molecule has 0 bridgehead atoms. The summed E-state index contributed by atoms with van der Waals surface area (Å²) in [5.41, 5.74) is 0.225. The van der Waals surface area contributed by atoms with Crippen LogP contribution < -0.4 is 5.32 Å². The molecule has 0 saturated heterocycles. The summed E-state index contributed by atoms with van der Waals surface area (Å²) >= 11 is 0. The summed E-state index contributed by atoms with van der Waals surface area (Å²) < 4.78 is 42.8. The van der Waals surface area contributed by atoms with Crippen molar-refractivity contribution in [3.05, 3.63) is 29.6 Å². The summed E-state index contributed by atoms with van der Waals surface area (Å²) in [6.07, 6.45) is 0.705. The predicted molar refractivity (Wildman–Crippen MR) is 51.3 cm³/mol. The van der Waals surface area contributed by atoms with E-state index in [0.717, 1.165) is 12.1 Å². The maximum absolute atomic E-state index is 12.7. The van der Waals surface area contributed by atoms with Crippen molar-refractivity contribution in [3.8, 4) is 0 Å². The molecule has 0 atom stereocenters. The van der Waals surface area contributed by atoms with E-state index in [1.165, 1.54) is 0 Å². The van der Waals surface area contributed by atoms with Crippen LogP contribution in [0.25, 0.3) is 0 Å². The van der Waals surface area contributed by atoms with Crippen LogP contribution in [0.5, 0.6) is 0 Å². The van der Waals surface area contributed by atoms with Gasteiger partial charge in [0.25, 0.3) is 0 Å². The maximum atomic E-state index is 12.7. The van der Waals surface area contributed by atoms with Crippen LogP contribution in [-0.4, -0.2) is 20.3 Å². The number of hydrogen-bond acceptors (Lipinski definition) is 2. The molecule has 1 aromatic rings. The standard InChI is InChI=1S/C10H12F3NO/c1-15-4-2-3-14-7-5-8(11)10(13)9(12)6-7/h5-6,14H,2-4H2,1H3. The molecule has 0 aromatic heterocycles. The first-order valence-electron chi connectivity index (χ1n) is 4.52. The molecule has 0 heterocycles. The van der Waals surface area contributed by atoms with Crippen LogP contribution in [-0.2, 0) is 4.74 Å². The van der Waals surface area contributed by atoms with E-state index in [0.29, 0.717) is 19.6 Å². The molecule has 1 N–H and O–H groups in total. The van der Waals surface area contributed by atoms with Crippen LogP contribution in [0.15, 0.2) is 12.1 Å². The lowest BCUT2D eigenvalue weighted by atomic mass is 10.3. The minimum absolute atomic E-state index is 0.225. The fraction of sp³-hybridized carbons (Fsp3) is 0.400. The molecule has 0 saturated carbocycles. The Morgan fingerprint density at radius 2 is 1.80 bits per heavy atom. The molecule has 0 aliphatic heterocycles. The minimum atomic E-state index is -1.45. The second-order valence-corrected chi connectivity index (χ2v) is 3.03. The molecule has 0 spiro atoms. The molecule has 0 aliphatic rings. The first kappa shape index (κ1) is 11.8. The van der Waals surface area contributed by atoms with Gasteiger partial charge in [0.05, 0.1) is 0 Å². The monoisotopic (exact) mass is 219 g/mol. The van der Waals surface area contributed by atoms with Crippen molar-refractivity contribution in [1.82, 2.24) is 0 Å². The molecule has 0 fully saturated rings. The van der Waals surface area contributed by atoms with Crippen LogP contribution in [0.1, 0.15) is 6.42 Å².